The summed E-state index contributed by atoms with van der Waals surface area (Å²) >= 11 is 0. The Labute approximate surface area is 187 Å². The summed E-state index contributed by atoms with van der Waals surface area (Å²) in [5, 5.41) is 20.7. The standard InChI is InChI=1S/C24H14F2N6O/c25-19-9-15(3-4-17(19)13-28)16-5-8-21(20(26)10-16)33-23-11-22(29)31-24(32-23)30-18-6-1-14(12-27)2-7-18/h1-11H,(H3,29,30,31,32). The summed E-state index contributed by atoms with van der Waals surface area (Å²) in [7, 11) is 0. The number of ether oxygens (including phenoxy) is 1. The molecule has 33 heavy (non-hydrogen) atoms. The first-order chi connectivity index (χ1) is 15.9. The lowest BCUT2D eigenvalue weighted by molar-refractivity contribution is 0.428. The van der Waals surface area contributed by atoms with Crippen molar-refractivity contribution in [2.75, 3.05) is 11.1 Å². The number of halogens is 2. The van der Waals surface area contributed by atoms with Gasteiger partial charge in [0.2, 0.25) is 11.8 Å². The number of hydrogen-bond acceptors (Lipinski definition) is 7. The van der Waals surface area contributed by atoms with E-state index in [1.54, 1.807) is 36.4 Å². The quantitative estimate of drug-likeness (QED) is 0.433. The zero-order chi connectivity index (χ0) is 23.4. The van der Waals surface area contributed by atoms with Crippen LogP contribution in [-0.2, 0) is 0 Å². The third-order valence-corrected chi connectivity index (χ3v) is 4.56. The number of nitrogens with one attached hydrogen (secondary N) is 1. The lowest BCUT2D eigenvalue weighted by atomic mass is 10.0. The number of rotatable bonds is 5. The number of benzene rings is 3. The fraction of sp³-hybridized carbons (Fsp3) is 0. The Bertz CT molecular complexity index is 1420. The monoisotopic (exact) mass is 440 g/mol. The minimum atomic E-state index is -0.698. The first-order valence-electron chi connectivity index (χ1n) is 9.54. The van der Waals surface area contributed by atoms with Crippen LogP contribution in [-0.4, -0.2) is 9.97 Å². The molecule has 1 aromatic heterocycles. The zero-order valence-electron chi connectivity index (χ0n) is 16.9. The predicted molar refractivity (Wildman–Crippen MR) is 117 cm³/mol. The van der Waals surface area contributed by atoms with E-state index < -0.39 is 11.6 Å². The maximum absolute atomic E-state index is 14.7. The summed E-state index contributed by atoms with van der Waals surface area (Å²) in [6, 6.07) is 19.9. The van der Waals surface area contributed by atoms with Crippen LogP contribution in [0.3, 0.4) is 0 Å². The molecule has 0 fully saturated rings. The number of nitriles is 2. The Morgan fingerprint density at radius 1 is 0.818 bits per heavy atom. The fourth-order valence-corrected chi connectivity index (χ4v) is 2.97. The number of nitrogens with two attached hydrogens (primary N) is 1. The van der Waals surface area contributed by atoms with Crippen molar-refractivity contribution >= 4 is 17.5 Å². The number of aromatic nitrogens is 2. The predicted octanol–water partition coefficient (Wildman–Crippen LogP) is 5.28. The van der Waals surface area contributed by atoms with E-state index in [2.05, 4.69) is 15.3 Å². The Hall–Kier alpha value is -5.02. The van der Waals surface area contributed by atoms with Crippen molar-refractivity contribution in [3.63, 3.8) is 0 Å². The molecule has 0 saturated heterocycles. The zero-order valence-corrected chi connectivity index (χ0v) is 16.9. The van der Waals surface area contributed by atoms with Gasteiger partial charge < -0.3 is 15.8 Å². The minimum Gasteiger partial charge on any atom is -0.436 e. The van der Waals surface area contributed by atoms with Crippen LogP contribution >= 0.6 is 0 Å². The van der Waals surface area contributed by atoms with E-state index in [1.165, 1.54) is 36.4 Å². The molecule has 0 bridgehead atoms. The van der Waals surface area contributed by atoms with E-state index in [0.717, 1.165) is 0 Å². The normalized spacial score (nSPS) is 10.2. The van der Waals surface area contributed by atoms with E-state index in [9.17, 15) is 8.78 Å². The second kappa shape index (κ2) is 9.00. The second-order valence-corrected chi connectivity index (χ2v) is 6.82. The van der Waals surface area contributed by atoms with Gasteiger partial charge in [0.25, 0.3) is 0 Å². The van der Waals surface area contributed by atoms with Gasteiger partial charge in [0.05, 0.1) is 17.2 Å². The average Bonchev–Trinajstić information content (AvgIpc) is 2.80. The summed E-state index contributed by atoms with van der Waals surface area (Å²) in [6.45, 7) is 0. The Morgan fingerprint density at radius 2 is 1.52 bits per heavy atom. The third kappa shape index (κ3) is 4.84. The van der Waals surface area contributed by atoms with Crippen molar-refractivity contribution in [2.45, 2.75) is 0 Å². The van der Waals surface area contributed by atoms with Crippen LogP contribution in [0.15, 0.2) is 66.7 Å². The molecule has 7 nitrogen and oxygen atoms in total. The van der Waals surface area contributed by atoms with Gasteiger partial charge >= 0.3 is 0 Å². The molecule has 1 heterocycles. The van der Waals surface area contributed by atoms with Crippen LogP contribution in [0.25, 0.3) is 11.1 Å². The van der Waals surface area contributed by atoms with Gasteiger partial charge in [-0.15, -0.1) is 0 Å². The van der Waals surface area contributed by atoms with Crippen molar-refractivity contribution in [3.8, 4) is 34.9 Å². The molecule has 0 aliphatic carbocycles. The van der Waals surface area contributed by atoms with Gasteiger partial charge in [-0.1, -0.05) is 12.1 Å². The highest BCUT2D eigenvalue weighted by atomic mass is 19.1. The molecule has 0 saturated carbocycles. The van der Waals surface area contributed by atoms with E-state index >= 15 is 0 Å². The second-order valence-electron chi connectivity index (χ2n) is 6.82. The molecule has 4 rings (SSSR count). The molecular weight excluding hydrogens is 426 g/mol. The molecule has 0 atom stereocenters. The molecule has 4 aromatic rings. The van der Waals surface area contributed by atoms with E-state index in [1.807, 2.05) is 6.07 Å². The maximum atomic E-state index is 14.7. The molecule has 9 heteroatoms. The molecule has 0 aliphatic rings. The van der Waals surface area contributed by atoms with E-state index in [4.69, 9.17) is 21.0 Å². The molecule has 3 aromatic carbocycles. The van der Waals surface area contributed by atoms with Crippen molar-refractivity contribution in [3.05, 3.63) is 89.5 Å². The summed E-state index contributed by atoms with van der Waals surface area (Å²) in [6.07, 6.45) is 0. The third-order valence-electron chi connectivity index (χ3n) is 4.56. The molecule has 0 amide bonds. The van der Waals surface area contributed by atoms with Gasteiger partial charge in [-0.25, -0.2) is 8.78 Å². The molecule has 0 spiro atoms. The molecule has 0 radical (unpaired) electrons. The van der Waals surface area contributed by atoms with Gasteiger partial charge in [-0.3, -0.25) is 0 Å². The highest BCUT2D eigenvalue weighted by molar-refractivity contribution is 5.65. The maximum Gasteiger partial charge on any atom is 0.232 e. The summed E-state index contributed by atoms with van der Waals surface area (Å²) in [5.41, 5.74) is 7.68. The van der Waals surface area contributed by atoms with Gasteiger partial charge in [0.1, 0.15) is 17.7 Å². The SMILES string of the molecule is N#Cc1ccc(Nc2nc(N)cc(Oc3ccc(-c4ccc(C#N)c(F)c4)cc3F)n2)cc1. The van der Waals surface area contributed by atoms with Gasteiger partial charge in [0.15, 0.2) is 11.6 Å². The first kappa shape index (κ1) is 21.2. The number of anilines is 3. The van der Waals surface area contributed by atoms with E-state index in [-0.39, 0.29) is 29.0 Å². The highest BCUT2D eigenvalue weighted by Crippen LogP contribution is 2.30. The lowest BCUT2D eigenvalue weighted by Gasteiger charge is -2.11. The largest absolute Gasteiger partial charge is 0.436 e. The average molecular weight is 440 g/mol. The van der Waals surface area contributed by atoms with E-state index in [0.29, 0.717) is 22.4 Å². The van der Waals surface area contributed by atoms with Crippen LogP contribution in [0.2, 0.25) is 0 Å². The van der Waals surface area contributed by atoms with Crippen molar-refractivity contribution in [1.82, 2.24) is 9.97 Å². The summed E-state index contributed by atoms with van der Waals surface area (Å²) in [5.74, 6) is -1.27. The number of nitrogen functional groups attached to an aromatic ring is 1. The van der Waals surface area contributed by atoms with Crippen molar-refractivity contribution < 1.29 is 13.5 Å². The Morgan fingerprint density at radius 3 is 2.15 bits per heavy atom. The first-order valence-corrected chi connectivity index (χ1v) is 9.54. The smallest absolute Gasteiger partial charge is 0.232 e. The number of nitrogens with zero attached hydrogens (tertiary/aromatic N) is 4. The van der Waals surface area contributed by atoms with Crippen LogP contribution in [0.5, 0.6) is 11.6 Å². The Kier molecular flexibility index (Phi) is 5.79. The van der Waals surface area contributed by atoms with Crippen LogP contribution in [0, 0.1) is 34.3 Å². The Balaban J connectivity index is 1.55. The summed E-state index contributed by atoms with van der Waals surface area (Å²) in [4.78, 5) is 8.25. The molecule has 3 N–H and O–H groups in total. The van der Waals surface area contributed by atoms with Crippen LogP contribution < -0.4 is 15.8 Å². The molecule has 0 aliphatic heterocycles. The molecule has 0 unspecified atom stereocenters. The van der Waals surface area contributed by atoms with Gasteiger partial charge in [-0.2, -0.15) is 20.5 Å². The fourth-order valence-electron chi connectivity index (χ4n) is 2.97. The van der Waals surface area contributed by atoms with Crippen LogP contribution in [0.4, 0.5) is 26.2 Å². The van der Waals surface area contributed by atoms with Gasteiger partial charge in [-0.05, 0) is 59.7 Å². The minimum absolute atomic E-state index is 0.00899. The van der Waals surface area contributed by atoms with Crippen molar-refractivity contribution in [1.29, 1.82) is 10.5 Å². The highest BCUT2D eigenvalue weighted by Gasteiger charge is 2.12. The molecule has 160 valence electrons. The lowest BCUT2D eigenvalue weighted by Crippen LogP contribution is -2.02. The number of hydrogen-bond donors (Lipinski definition) is 2. The summed E-state index contributed by atoms with van der Waals surface area (Å²) < 4.78 is 34.1. The van der Waals surface area contributed by atoms with Crippen LogP contribution in [0.1, 0.15) is 11.1 Å². The van der Waals surface area contributed by atoms with Gasteiger partial charge in [0, 0.05) is 11.8 Å². The topological polar surface area (TPSA) is 121 Å². The van der Waals surface area contributed by atoms with Crippen molar-refractivity contribution in [2.24, 2.45) is 0 Å². The molecular formula is C24H14F2N6O.